The third kappa shape index (κ3) is 2.83. The predicted octanol–water partition coefficient (Wildman–Crippen LogP) is 2.08. The molecule has 1 aromatic carbocycles. The van der Waals surface area contributed by atoms with Crippen LogP contribution in [0, 0.1) is 10.1 Å². The summed E-state index contributed by atoms with van der Waals surface area (Å²) >= 11 is 0. The molecule has 7 nitrogen and oxygen atoms in total. The largest absolute Gasteiger partial charge is 0.341 e. The number of hydrogen-bond acceptors (Lipinski definition) is 4. The van der Waals surface area contributed by atoms with E-state index in [0.717, 1.165) is 18.4 Å². The van der Waals surface area contributed by atoms with E-state index in [-0.39, 0.29) is 18.1 Å². The van der Waals surface area contributed by atoms with Crippen LogP contribution in [0.4, 0.5) is 5.69 Å². The Balaban J connectivity index is 1.79. The van der Waals surface area contributed by atoms with Crippen molar-refractivity contribution < 1.29 is 9.72 Å². The molecule has 114 valence electrons. The third-order valence-corrected chi connectivity index (χ3v) is 3.85. The highest BCUT2D eigenvalue weighted by molar-refractivity contribution is 5.77. The molecular weight excluding hydrogens is 284 g/mol. The molecule has 1 saturated carbocycles. The van der Waals surface area contributed by atoms with Crippen molar-refractivity contribution in [2.24, 2.45) is 0 Å². The van der Waals surface area contributed by atoms with Crippen molar-refractivity contribution in [3.63, 3.8) is 0 Å². The number of carbonyl (C=O) groups is 1. The minimum Gasteiger partial charge on any atom is -0.341 e. The number of hydrogen-bond donors (Lipinski definition) is 0. The van der Waals surface area contributed by atoms with E-state index in [1.165, 1.54) is 12.1 Å². The van der Waals surface area contributed by atoms with Gasteiger partial charge in [-0.25, -0.2) is 4.98 Å². The average Bonchev–Trinajstić information content (AvgIpc) is 3.26. The van der Waals surface area contributed by atoms with E-state index in [0.29, 0.717) is 11.9 Å². The van der Waals surface area contributed by atoms with Crippen molar-refractivity contribution in [2.45, 2.75) is 25.4 Å². The molecule has 22 heavy (non-hydrogen) atoms. The Morgan fingerprint density at radius 3 is 2.68 bits per heavy atom. The summed E-state index contributed by atoms with van der Waals surface area (Å²) < 4.78 is 1.77. The topological polar surface area (TPSA) is 81.3 Å². The SMILES string of the molecule is CN(C(=O)Cn1ccnc1-c1ccc([N+](=O)[O-])cc1)C1CC1. The molecule has 0 radical (unpaired) electrons. The summed E-state index contributed by atoms with van der Waals surface area (Å²) in [5.74, 6) is 0.677. The van der Waals surface area contributed by atoms with Gasteiger partial charge in [0.2, 0.25) is 5.91 Å². The van der Waals surface area contributed by atoms with Crippen molar-refractivity contribution in [1.82, 2.24) is 14.5 Å². The van der Waals surface area contributed by atoms with Crippen LogP contribution in [-0.4, -0.2) is 38.4 Å². The van der Waals surface area contributed by atoms with E-state index < -0.39 is 4.92 Å². The Morgan fingerprint density at radius 2 is 2.09 bits per heavy atom. The molecule has 0 aliphatic heterocycles. The second-order valence-electron chi connectivity index (χ2n) is 5.42. The fourth-order valence-corrected chi connectivity index (χ4v) is 2.35. The lowest BCUT2D eigenvalue weighted by Crippen LogP contribution is -2.32. The van der Waals surface area contributed by atoms with Crippen molar-refractivity contribution in [3.8, 4) is 11.4 Å². The zero-order valence-electron chi connectivity index (χ0n) is 12.2. The van der Waals surface area contributed by atoms with Crippen LogP contribution in [-0.2, 0) is 11.3 Å². The van der Waals surface area contributed by atoms with Gasteiger partial charge < -0.3 is 9.47 Å². The number of non-ortho nitro benzene ring substituents is 1. The molecule has 0 bridgehead atoms. The first kappa shape index (κ1) is 14.2. The van der Waals surface area contributed by atoms with Crippen molar-refractivity contribution >= 4 is 11.6 Å². The second-order valence-corrected chi connectivity index (χ2v) is 5.42. The fourth-order valence-electron chi connectivity index (χ4n) is 2.35. The number of imidazole rings is 1. The highest BCUT2D eigenvalue weighted by Crippen LogP contribution is 2.26. The van der Waals surface area contributed by atoms with Gasteiger partial charge in [0.1, 0.15) is 12.4 Å². The molecule has 1 amide bonds. The first-order valence-electron chi connectivity index (χ1n) is 7.08. The van der Waals surface area contributed by atoms with Gasteiger partial charge in [-0.05, 0) is 25.0 Å². The van der Waals surface area contributed by atoms with Gasteiger partial charge >= 0.3 is 0 Å². The van der Waals surface area contributed by atoms with Crippen LogP contribution in [0.25, 0.3) is 11.4 Å². The van der Waals surface area contributed by atoms with E-state index in [2.05, 4.69) is 4.98 Å². The van der Waals surface area contributed by atoms with Crippen LogP contribution in [0.3, 0.4) is 0 Å². The van der Waals surface area contributed by atoms with E-state index in [4.69, 9.17) is 0 Å². The minimum absolute atomic E-state index is 0.0337. The van der Waals surface area contributed by atoms with Gasteiger partial charge in [0.15, 0.2) is 0 Å². The number of nitro benzene ring substituents is 1. The van der Waals surface area contributed by atoms with Gasteiger partial charge in [-0.15, -0.1) is 0 Å². The molecular formula is C15H16N4O3. The Hall–Kier alpha value is -2.70. The molecule has 0 spiro atoms. The van der Waals surface area contributed by atoms with E-state index in [1.807, 2.05) is 7.05 Å². The minimum atomic E-state index is -0.440. The second kappa shape index (κ2) is 5.59. The lowest BCUT2D eigenvalue weighted by Gasteiger charge is -2.17. The maximum Gasteiger partial charge on any atom is 0.269 e. The molecule has 0 unspecified atom stereocenters. The Bertz CT molecular complexity index is 704. The number of carbonyl (C=O) groups excluding carboxylic acids is 1. The average molecular weight is 300 g/mol. The van der Waals surface area contributed by atoms with Gasteiger partial charge in [0, 0.05) is 43.2 Å². The standard InChI is InChI=1S/C15H16N4O3/c1-17(12-6-7-12)14(20)10-18-9-8-16-15(18)11-2-4-13(5-3-11)19(21)22/h2-5,8-9,12H,6-7,10H2,1H3. The summed E-state index contributed by atoms with van der Waals surface area (Å²) in [6, 6.07) is 6.54. The highest BCUT2D eigenvalue weighted by atomic mass is 16.6. The quantitative estimate of drug-likeness (QED) is 0.625. The molecule has 0 atom stereocenters. The normalized spacial score (nSPS) is 13.9. The molecule has 1 aliphatic rings. The summed E-state index contributed by atoms with van der Waals surface area (Å²) in [4.78, 5) is 28.5. The van der Waals surface area contributed by atoms with Crippen LogP contribution >= 0.6 is 0 Å². The first-order chi connectivity index (χ1) is 10.6. The Labute approximate surface area is 127 Å². The number of amides is 1. The van der Waals surface area contributed by atoms with Crippen LogP contribution in [0.15, 0.2) is 36.7 Å². The highest BCUT2D eigenvalue weighted by Gasteiger charge is 2.29. The van der Waals surface area contributed by atoms with Gasteiger partial charge in [-0.2, -0.15) is 0 Å². The van der Waals surface area contributed by atoms with E-state index >= 15 is 0 Å². The van der Waals surface area contributed by atoms with Gasteiger partial charge in [0.25, 0.3) is 5.69 Å². The number of likely N-dealkylation sites (N-methyl/N-ethyl adjacent to an activating group) is 1. The monoisotopic (exact) mass is 300 g/mol. The third-order valence-electron chi connectivity index (χ3n) is 3.85. The lowest BCUT2D eigenvalue weighted by molar-refractivity contribution is -0.384. The van der Waals surface area contributed by atoms with Crippen molar-refractivity contribution in [3.05, 3.63) is 46.8 Å². The van der Waals surface area contributed by atoms with Gasteiger partial charge in [0.05, 0.1) is 4.92 Å². The zero-order valence-corrected chi connectivity index (χ0v) is 12.2. The summed E-state index contributed by atoms with van der Waals surface area (Å²) in [7, 11) is 1.82. The molecule has 7 heteroatoms. The summed E-state index contributed by atoms with van der Waals surface area (Å²) in [6.07, 6.45) is 5.51. The predicted molar refractivity (Wildman–Crippen MR) is 80.1 cm³/mol. The van der Waals surface area contributed by atoms with Gasteiger partial charge in [-0.3, -0.25) is 14.9 Å². The summed E-state index contributed by atoms with van der Waals surface area (Å²) in [6.45, 7) is 0.222. The van der Waals surface area contributed by atoms with Crippen LogP contribution in [0.1, 0.15) is 12.8 Å². The summed E-state index contributed by atoms with van der Waals surface area (Å²) in [5, 5.41) is 10.7. The molecule has 3 rings (SSSR count). The van der Waals surface area contributed by atoms with Crippen LogP contribution < -0.4 is 0 Å². The molecule has 0 N–H and O–H groups in total. The Kier molecular flexibility index (Phi) is 3.62. The maximum absolute atomic E-state index is 12.2. The molecule has 1 aliphatic carbocycles. The maximum atomic E-state index is 12.2. The van der Waals surface area contributed by atoms with E-state index in [9.17, 15) is 14.9 Å². The smallest absolute Gasteiger partial charge is 0.269 e. The number of benzene rings is 1. The zero-order chi connectivity index (χ0) is 15.7. The fraction of sp³-hybridized carbons (Fsp3) is 0.333. The number of nitro groups is 1. The van der Waals surface area contributed by atoms with Crippen LogP contribution in [0.2, 0.25) is 0 Å². The van der Waals surface area contributed by atoms with Crippen molar-refractivity contribution in [1.29, 1.82) is 0 Å². The number of rotatable bonds is 5. The molecule has 1 aromatic heterocycles. The van der Waals surface area contributed by atoms with Crippen LogP contribution in [0.5, 0.6) is 0 Å². The number of aromatic nitrogens is 2. The molecule has 1 fully saturated rings. The van der Waals surface area contributed by atoms with E-state index in [1.54, 1.807) is 34.0 Å². The van der Waals surface area contributed by atoms with Crippen molar-refractivity contribution in [2.75, 3.05) is 7.05 Å². The molecule has 1 heterocycles. The lowest BCUT2D eigenvalue weighted by atomic mass is 10.2. The molecule has 2 aromatic rings. The first-order valence-corrected chi connectivity index (χ1v) is 7.08. The number of nitrogens with zero attached hydrogens (tertiary/aromatic N) is 4. The summed E-state index contributed by atoms with van der Waals surface area (Å²) in [5.41, 5.74) is 0.781. The van der Waals surface area contributed by atoms with Gasteiger partial charge in [-0.1, -0.05) is 0 Å². The molecule has 0 saturated heterocycles. The Morgan fingerprint density at radius 1 is 1.41 bits per heavy atom.